The Hall–Kier alpha value is -1.93. The summed E-state index contributed by atoms with van der Waals surface area (Å²) < 4.78 is 5.78. The Morgan fingerprint density at radius 1 is 1.47 bits per heavy atom. The minimum atomic E-state index is -0.356. The van der Waals surface area contributed by atoms with Gasteiger partial charge in [-0.1, -0.05) is 12.1 Å². The van der Waals surface area contributed by atoms with Crippen LogP contribution in [-0.4, -0.2) is 17.6 Å². The number of esters is 1. The minimum absolute atomic E-state index is 0.182. The van der Waals surface area contributed by atoms with E-state index in [-0.39, 0.29) is 19.0 Å². The molecule has 1 aromatic carbocycles. The highest BCUT2D eigenvalue weighted by molar-refractivity contribution is 7.18. The number of ether oxygens (including phenoxy) is 1. The fourth-order valence-corrected chi connectivity index (χ4v) is 2.39. The lowest BCUT2D eigenvalue weighted by Gasteiger charge is -1.97. The van der Waals surface area contributed by atoms with Crippen molar-refractivity contribution in [2.24, 2.45) is 0 Å². The van der Waals surface area contributed by atoms with Crippen LogP contribution < -0.4 is 0 Å². The number of nitriles is 1. The van der Waals surface area contributed by atoms with Gasteiger partial charge in [0.2, 0.25) is 0 Å². The lowest BCUT2D eigenvalue weighted by atomic mass is 10.3. The molecule has 0 saturated carbocycles. The first-order valence-electron chi connectivity index (χ1n) is 5.16. The average Bonchev–Trinajstić information content (AvgIpc) is 2.76. The van der Waals surface area contributed by atoms with Crippen molar-refractivity contribution in [2.45, 2.75) is 12.8 Å². The Kier molecular flexibility index (Phi) is 3.68. The van der Waals surface area contributed by atoms with Gasteiger partial charge in [0, 0.05) is 6.42 Å². The highest BCUT2D eigenvalue weighted by atomic mass is 32.1. The van der Waals surface area contributed by atoms with Gasteiger partial charge in [0.05, 0.1) is 21.6 Å². The smallest absolute Gasteiger partial charge is 0.307 e. The Balaban J connectivity index is 1.95. The van der Waals surface area contributed by atoms with Gasteiger partial charge in [-0.3, -0.25) is 4.79 Å². The van der Waals surface area contributed by atoms with E-state index in [2.05, 4.69) is 9.72 Å². The zero-order valence-electron chi connectivity index (χ0n) is 9.05. The van der Waals surface area contributed by atoms with Gasteiger partial charge in [0.15, 0.2) is 6.61 Å². The summed E-state index contributed by atoms with van der Waals surface area (Å²) in [6, 6.07) is 9.62. The second kappa shape index (κ2) is 5.41. The van der Waals surface area contributed by atoms with E-state index in [0.717, 1.165) is 15.2 Å². The van der Waals surface area contributed by atoms with E-state index in [1.807, 2.05) is 24.3 Å². The van der Waals surface area contributed by atoms with Crippen LogP contribution in [0.15, 0.2) is 24.3 Å². The molecule has 17 heavy (non-hydrogen) atoms. The summed E-state index contributed by atoms with van der Waals surface area (Å²) in [6.45, 7) is -0.182. The number of rotatable bonds is 4. The highest BCUT2D eigenvalue weighted by Gasteiger charge is 2.07. The molecule has 86 valence electrons. The molecule has 0 saturated heterocycles. The second-order valence-corrected chi connectivity index (χ2v) is 4.51. The summed E-state index contributed by atoms with van der Waals surface area (Å²) in [5, 5.41) is 9.17. The number of nitrogens with zero attached hydrogens (tertiary/aromatic N) is 2. The zero-order valence-corrected chi connectivity index (χ0v) is 9.87. The Morgan fingerprint density at radius 2 is 2.29 bits per heavy atom. The van der Waals surface area contributed by atoms with E-state index in [4.69, 9.17) is 5.26 Å². The van der Waals surface area contributed by atoms with Crippen LogP contribution in [0.2, 0.25) is 0 Å². The van der Waals surface area contributed by atoms with E-state index >= 15 is 0 Å². The number of carbonyl (C=O) groups is 1. The number of carbonyl (C=O) groups excluding carboxylic acids is 1. The van der Waals surface area contributed by atoms with Crippen LogP contribution in [-0.2, 0) is 16.0 Å². The predicted molar refractivity (Wildman–Crippen MR) is 64.5 cm³/mol. The quantitative estimate of drug-likeness (QED) is 0.776. The van der Waals surface area contributed by atoms with Crippen molar-refractivity contribution in [3.63, 3.8) is 0 Å². The van der Waals surface area contributed by atoms with Crippen LogP contribution in [0.1, 0.15) is 11.4 Å². The van der Waals surface area contributed by atoms with Crippen molar-refractivity contribution >= 4 is 27.5 Å². The molecule has 1 aromatic heterocycles. The molecule has 0 aliphatic carbocycles. The summed E-state index contributed by atoms with van der Waals surface area (Å²) in [6.07, 6.45) is 0.825. The molecule has 0 spiro atoms. The molecule has 0 bridgehead atoms. The molecule has 2 rings (SSSR count). The molecule has 0 unspecified atom stereocenters. The van der Waals surface area contributed by atoms with Gasteiger partial charge in [-0.05, 0) is 12.1 Å². The third kappa shape index (κ3) is 3.02. The van der Waals surface area contributed by atoms with Crippen molar-refractivity contribution in [1.82, 2.24) is 4.98 Å². The molecule has 0 N–H and O–H groups in total. The molecule has 0 radical (unpaired) electrons. The summed E-state index contributed by atoms with van der Waals surface area (Å²) >= 11 is 1.58. The number of para-hydroxylation sites is 1. The number of thiazole rings is 1. The number of aryl methyl sites for hydroxylation is 1. The second-order valence-electron chi connectivity index (χ2n) is 3.39. The van der Waals surface area contributed by atoms with Gasteiger partial charge >= 0.3 is 5.97 Å². The third-order valence-electron chi connectivity index (χ3n) is 2.18. The largest absolute Gasteiger partial charge is 0.450 e. The van der Waals surface area contributed by atoms with Gasteiger partial charge in [-0.25, -0.2) is 4.98 Å². The predicted octanol–water partition coefficient (Wildman–Crippen LogP) is 2.30. The van der Waals surface area contributed by atoms with Crippen LogP contribution in [0.4, 0.5) is 0 Å². The van der Waals surface area contributed by atoms with Crippen molar-refractivity contribution < 1.29 is 9.53 Å². The van der Waals surface area contributed by atoms with Crippen molar-refractivity contribution in [1.29, 1.82) is 5.26 Å². The molecule has 0 aliphatic rings. The number of hydrogen-bond donors (Lipinski definition) is 0. The number of hydrogen-bond acceptors (Lipinski definition) is 5. The van der Waals surface area contributed by atoms with Gasteiger partial charge in [0.1, 0.15) is 6.07 Å². The van der Waals surface area contributed by atoms with E-state index < -0.39 is 0 Å². The van der Waals surface area contributed by atoms with Crippen LogP contribution in [0, 0.1) is 11.3 Å². The van der Waals surface area contributed by atoms with Gasteiger partial charge in [-0.2, -0.15) is 5.26 Å². The van der Waals surface area contributed by atoms with Crippen molar-refractivity contribution in [3.8, 4) is 6.07 Å². The van der Waals surface area contributed by atoms with Crippen LogP contribution in [0.5, 0.6) is 0 Å². The average molecular weight is 246 g/mol. The molecule has 4 nitrogen and oxygen atoms in total. The molecule has 5 heteroatoms. The lowest BCUT2D eigenvalue weighted by Crippen LogP contribution is -2.05. The lowest BCUT2D eigenvalue weighted by molar-refractivity contribution is -0.142. The first-order valence-corrected chi connectivity index (χ1v) is 5.98. The number of aromatic nitrogens is 1. The monoisotopic (exact) mass is 246 g/mol. The van der Waals surface area contributed by atoms with Crippen LogP contribution >= 0.6 is 11.3 Å². The van der Waals surface area contributed by atoms with E-state index in [1.165, 1.54) is 0 Å². The van der Waals surface area contributed by atoms with Crippen LogP contribution in [0.25, 0.3) is 10.2 Å². The Labute approximate surface area is 102 Å². The molecule has 0 fully saturated rings. The normalized spacial score (nSPS) is 10.1. The third-order valence-corrected chi connectivity index (χ3v) is 3.28. The standard InChI is InChI=1S/C12H10N2O2S/c13-7-8-16-12(15)6-5-11-14-9-3-1-2-4-10(9)17-11/h1-4H,5-6,8H2. The van der Waals surface area contributed by atoms with E-state index in [1.54, 1.807) is 17.4 Å². The fraction of sp³-hybridized carbons (Fsp3) is 0.250. The first kappa shape index (κ1) is 11.6. The summed E-state index contributed by atoms with van der Waals surface area (Å²) in [5.74, 6) is -0.356. The first-order chi connectivity index (χ1) is 8.29. The molecular formula is C12H10N2O2S. The molecule has 1 heterocycles. The van der Waals surface area contributed by atoms with Gasteiger partial charge in [-0.15, -0.1) is 11.3 Å². The molecule has 0 atom stereocenters. The summed E-state index contributed by atoms with van der Waals surface area (Å²) in [5.41, 5.74) is 0.956. The maximum Gasteiger partial charge on any atom is 0.307 e. The van der Waals surface area contributed by atoms with Crippen molar-refractivity contribution in [2.75, 3.05) is 6.61 Å². The molecule has 0 amide bonds. The maximum absolute atomic E-state index is 11.2. The molecular weight excluding hydrogens is 236 g/mol. The number of fused-ring (bicyclic) bond motifs is 1. The Morgan fingerprint density at radius 3 is 3.06 bits per heavy atom. The summed E-state index contributed by atoms with van der Waals surface area (Å²) in [4.78, 5) is 15.6. The SMILES string of the molecule is N#CCOC(=O)CCc1nc2ccccc2s1. The van der Waals surface area contributed by atoms with E-state index in [9.17, 15) is 4.79 Å². The molecule has 2 aromatic rings. The molecule has 0 aliphatic heterocycles. The fourth-order valence-electron chi connectivity index (χ4n) is 1.42. The zero-order chi connectivity index (χ0) is 12.1. The van der Waals surface area contributed by atoms with Gasteiger partial charge in [0.25, 0.3) is 0 Å². The summed E-state index contributed by atoms with van der Waals surface area (Å²) in [7, 11) is 0. The maximum atomic E-state index is 11.2. The van der Waals surface area contributed by atoms with E-state index in [0.29, 0.717) is 6.42 Å². The van der Waals surface area contributed by atoms with Crippen LogP contribution in [0.3, 0.4) is 0 Å². The van der Waals surface area contributed by atoms with Crippen molar-refractivity contribution in [3.05, 3.63) is 29.3 Å². The van der Waals surface area contributed by atoms with Gasteiger partial charge < -0.3 is 4.74 Å². The minimum Gasteiger partial charge on any atom is -0.450 e. The topological polar surface area (TPSA) is 63.0 Å². The highest BCUT2D eigenvalue weighted by Crippen LogP contribution is 2.22. The Bertz CT molecular complexity index is 538. The number of benzene rings is 1.